The van der Waals surface area contributed by atoms with Crippen molar-refractivity contribution < 1.29 is 9.59 Å². The molecule has 4 heteroatoms. The molecule has 4 nitrogen and oxygen atoms in total. The topological polar surface area (TPSA) is 49.4 Å². The van der Waals surface area contributed by atoms with Crippen molar-refractivity contribution in [3.63, 3.8) is 0 Å². The first-order chi connectivity index (χ1) is 8.32. The van der Waals surface area contributed by atoms with Gasteiger partial charge in [0.15, 0.2) is 0 Å². The molecule has 0 bridgehead atoms. The Morgan fingerprint density at radius 3 is 2.28 bits per heavy atom. The maximum Gasteiger partial charge on any atom is 0.249 e. The van der Waals surface area contributed by atoms with Crippen molar-refractivity contribution in [1.29, 1.82) is 0 Å². The summed E-state index contributed by atoms with van der Waals surface area (Å²) in [7, 11) is 0. The number of hydrogen-bond acceptors (Lipinski definition) is 2. The highest BCUT2D eigenvalue weighted by atomic mass is 16.2. The van der Waals surface area contributed by atoms with E-state index in [9.17, 15) is 9.59 Å². The molecule has 1 atom stereocenters. The summed E-state index contributed by atoms with van der Waals surface area (Å²) in [6.07, 6.45) is 4.31. The summed E-state index contributed by atoms with van der Waals surface area (Å²) >= 11 is 0. The van der Waals surface area contributed by atoms with Crippen molar-refractivity contribution in [2.75, 3.05) is 0 Å². The van der Waals surface area contributed by atoms with E-state index in [2.05, 4.69) is 5.32 Å². The quantitative estimate of drug-likeness (QED) is 0.774. The average Bonchev–Trinajstić information content (AvgIpc) is 2.71. The van der Waals surface area contributed by atoms with E-state index < -0.39 is 5.54 Å². The molecule has 1 unspecified atom stereocenters. The van der Waals surface area contributed by atoms with E-state index in [-0.39, 0.29) is 23.4 Å². The van der Waals surface area contributed by atoms with Crippen LogP contribution in [0.3, 0.4) is 0 Å². The van der Waals surface area contributed by atoms with E-state index in [1.165, 1.54) is 0 Å². The number of hydrogen-bond donors (Lipinski definition) is 1. The highest BCUT2D eigenvalue weighted by Crippen LogP contribution is 2.37. The van der Waals surface area contributed by atoms with Gasteiger partial charge in [0.25, 0.3) is 0 Å². The van der Waals surface area contributed by atoms with Gasteiger partial charge in [-0.3, -0.25) is 9.59 Å². The van der Waals surface area contributed by atoms with Gasteiger partial charge in [-0.05, 0) is 40.0 Å². The first-order valence-electron chi connectivity index (χ1n) is 6.97. The molecule has 1 heterocycles. The fourth-order valence-electron chi connectivity index (χ4n) is 3.32. The van der Waals surface area contributed by atoms with Gasteiger partial charge in [-0.1, -0.05) is 19.8 Å². The number of carbonyl (C=O) groups is 2. The second kappa shape index (κ2) is 4.25. The van der Waals surface area contributed by atoms with E-state index in [4.69, 9.17) is 0 Å². The minimum atomic E-state index is -0.601. The van der Waals surface area contributed by atoms with Gasteiger partial charge in [0.2, 0.25) is 11.8 Å². The van der Waals surface area contributed by atoms with Crippen molar-refractivity contribution in [3.8, 4) is 0 Å². The molecule has 2 fully saturated rings. The maximum absolute atomic E-state index is 12.8. The Morgan fingerprint density at radius 2 is 1.83 bits per heavy atom. The number of nitrogens with one attached hydrogen (secondary N) is 1. The highest BCUT2D eigenvalue weighted by Gasteiger charge is 2.53. The molecule has 0 aromatic carbocycles. The van der Waals surface area contributed by atoms with Crippen LogP contribution in [0.15, 0.2) is 0 Å². The first-order valence-corrected chi connectivity index (χ1v) is 6.97. The second-order valence-corrected chi connectivity index (χ2v) is 6.55. The Bertz CT molecular complexity index is 364. The van der Waals surface area contributed by atoms with E-state index >= 15 is 0 Å². The molecule has 2 aliphatic rings. The third-order valence-electron chi connectivity index (χ3n) is 4.17. The molecular weight excluding hydrogens is 228 g/mol. The lowest BCUT2D eigenvalue weighted by Crippen LogP contribution is -2.72. The van der Waals surface area contributed by atoms with Crippen LogP contribution in [0, 0.1) is 0 Å². The van der Waals surface area contributed by atoms with Gasteiger partial charge < -0.3 is 10.2 Å². The highest BCUT2D eigenvalue weighted by molar-refractivity contribution is 6.00. The lowest BCUT2D eigenvalue weighted by atomic mass is 9.86. The van der Waals surface area contributed by atoms with Gasteiger partial charge in [-0.15, -0.1) is 0 Å². The van der Waals surface area contributed by atoms with E-state index in [1.54, 1.807) is 0 Å². The smallest absolute Gasteiger partial charge is 0.249 e. The van der Waals surface area contributed by atoms with Crippen LogP contribution in [0.1, 0.15) is 59.8 Å². The minimum Gasteiger partial charge on any atom is -0.340 e. The van der Waals surface area contributed by atoms with Crippen LogP contribution in [0.25, 0.3) is 0 Å². The number of rotatable bonds is 1. The Balaban J connectivity index is 2.39. The lowest BCUT2D eigenvalue weighted by Gasteiger charge is -2.50. The molecule has 102 valence electrons. The number of amides is 2. The summed E-state index contributed by atoms with van der Waals surface area (Å²) in [6, 6.07) is -0.316. The molecule has 1 spiro atoms. The Hall–Kier alpha value is -1.06. The predicted octanol–water partition coefficient (Wildman–Crippen LogP) is 1.83. The standard InChI is InChI=1S/C14H24N2O2/c1-5-10-11(17)15-14(8-6-7-9-14)12(18)16(10)13(2,3)4/h10H,5-9H2,1-4H3,(H,15,17). The van der Waals surface area contributed by atoms with Gasteiger partial charge >= 0.3 is 0 Å². The average molecular weight is 252 g/mol. The van der Waals surface area contributed by atoms with E-state index in [0.29, 0.717) is 6.42 Å². The van der Waals surface area contributed by atoms with Crippen LogP contribution >= 0.6 is 0 Å². The molecule has 0 aromatic rings. The molecular formula is C14H24N2O2. The number of carbonyl (C=O) groups excluding carboxylic acids is 2. The van der Waals surface area contributed by atoms with Crippen LogP contribution in [0.2, 0.25) is 0 Å². The summed E-state index contributed by atoms with van der Waals surface area (Å²) in [5.74, 6) is 0.146. The summed E-state index contributed by atoms with van der Waals surface area (Å²) in [6.45, 7) is 7.99. The maximum atomic E-state index is 12.8. The fourth-order valence-corrected chi connectivity index (χ4v) is 3.32. The largest absolute Gasteiger partial charge is 0.340 e. The van der Waals surface area contributed by atoms with E-state index in [1.807, 2.05) is 32.6 Å². The predicted molar refractivity (Wildman–Crippen MR) is 70.0 cm³/mol. The van der Waals surface area contributed by atoms with Gasteiger partial charge in [-0.25, -0.2) is 0 Å². The summed E-state index contributed by atoms with van der Waals surface area (Å²) in [4.78, 5) is 26.9. The monoisotopic (exact) mass is 252 g/mol. The molecule has 1 saturated heterocycles. The van der Waals surface area contributed by atoms with Gasteiger partial charge in [0.05, 0.1) is 0 Å². The fraction of sp³-hybridized carbons (Fsp3) is 0.857. The van der Waals surface area contributed by atoms with Gasteiger partial charge in [-0.2, -0.15) is 0 Å². The van der Waals surface area contributed by atoms with Crippen molar-refractivity contribution in [3.05, 3.63) is 0 Å². The Morgan fingerprint density at radius 1 is 1.28 bits per heavy atom. The molecule has 0 aromatic heterocycles. The molecule has 2 amide bonds. The van der Waals surface area contributed by atoms with Crippen molar-refractivity contribution in [2.24, 2.45) is 0 Å². The molecule has 0 radical (unpaired) electrons. The van der Waals surface area contributed by atoms with Crippen LogP contribution < -0.4 is 5.32 Å². The first kappa shape index (κ1) is 13.4. The zero-order chi connectivity index (χ0) is 13.6. The van der Waals surface area contributed by atoms with Crippen molar-refractivity contribution in [2.45, 2.75) is 76.9 Å². The molecule has 1 aliphatic carbocycles. The SMILES string of the molecule is CCC1C(=O)NC2(CCCC2)C(=O)N1C(C)(C)C. The Kier molecular flexibility index (Phi) is 3.16. The third kappa shape index (κ3) is 1.91. The van der Waals surface area contributed by atoms with Gasteiger partial charge in [0, 0.05) is 5.54 Å². The van der Waals surface area contributed by atoms with Crippen LogP contribution in [0.4, 0.5) is 0 Å². The number of nitrogens with zero attached hydrogens (tertiary/aromatic N) is 1. The van der Waals surface area contributed by atoms with E-state index in [0.717, 1.165) is 25.7 Å². The normalized spacial score (nSPS) is 27.8. The van der Waals surface area contributed by atoms with Crippen LogP contribution in [0.5, 0.6) is 0 Å². The molecule has 18 heavy (non-hydrogen) atoms. The summed E-state index contributed by atoms with van der Waals surface area (Å²) in [5, 5.41) is 3.01. The number of piperazine rings is 1. The van der Waals surface area contributed by atoms with Crippen LogP contribution in [-0.4, -0.2) is 33.8 Å². The van der Waals surface area contributed by atoms with Gasteiger partial charge in [0.1, 0.15) is 11.6 Å². The minimum absolute atomic E-state index is 0.0222. The third-order valence-corrected chi connectivity index (χ3v) is 4.17. The summed E-state index contributed by atoms with van der Waals surface area (Å²) in [5.41, 5.74) is -0.902. The zero-order valence-corrected chi connectivity index (χ0v) is 11.9. The summed E-state index contributed by atoms with van der Waals surface area (Å²) < 4.78 is 0. The van der Waals surface area contributed by atoms with Crippen molar-refractivity contribution in [1.82, 2.24) is 10.2 Å². The zero-order valence-electron chi connectivity index (χ0n) is 11.9. The lowest BCUT2D eigenvalue weighted by molar-refractivity contribution is -0.161. The van der Waals surface area contributed by atoms with Crippen LogP contribution in [-0.2, 0) is 9.59 Å². The molecule has 1 saturated carbocycles. The van der Waals surface area contributed by atoms with Crippen molar-refractivity contribution >= 4 is 11.8 Å². The Labute approximate surface area is 109 Å². The molecule has 2 rings (SSSR count). The molecule has 1 aliphatic heterocycles. The molecule has 1 N–H and O–H groups in total. The second-order valence-electron chi connectivity index (χ2n) is 6.55.